The molecule has 0 aliphatic rings. The van der Waals surface area contributed by atoms with Gasteiger partial charge in [-0.15, -0.1) is 0 Å². The van der Waals surface area contributed by atoms with Crippen molar-refractivity contribution in [2.75, 3.05) is 5.32 Å². The first-order valence-corrected chi connectivity index (χ1v) is 8.85. The van der Waals surface area contributed by atoms with Crippen LogP contribution in [0.15, 0.2) is 77.9 Å². The van der Waals surface area contributed by atoms with Crippen molar-refractivity contribution >= 4 is 29.2 Å². The van der Waals surface area contributed by atoms with Crippen LogP contribution in [-0.2, 0) is 0 Å². The number of rotatable bonds is 4. The molecule has 4 heteroatoms. The van der Waals surface area contributed by atoms with Gasteiger partial charge in [-0.2, -0.15) is 5.10 Å². The molecule has 0 radical (unpaired) electrons. The Morgan fingerprint density at radius 2 is 1.58 bits per heavy atom. The molecule has 0 aromatic heterocycles. The Bertz CT molecular complexity index is 916. The third kappa shape index (κ3) is 4.77. The first kappa shape index (κ1) is 17.8. The zero-order valence-electron chi connectivity index (χ0n) is 14.9. The van der Waals surface area contributed by atoms with Gasteiger partial charge in [0.25, 0.3) is 0 Å². The summed E-state index contributed by atoms with van der Waals surface area (Å²) in [6.07, 6.45) is 1.75. The number of hydrazone groups is 1. The number of nitrogens with one attached hydrogen (secondary N) is 2. The number of aryl methyl sites for hydroxylation is 2. The number of benzene rings is 3. The van der Waals surface area contributed by atoms with Crippen molar-refractivity contribution in [3.63, 3.8) is 0 Å². The topological polar surface area (TPSA) is 36.4 Å². The van der Waals surface area contributed by atoms with E-state index in [1.807, 2.05) is 36.4 Å². The van der Waals surface area contributed by atoms with Gasteiger partial charge in [0.1, 0.15) is 0 Å². The molecule has 0 atom stereocenters. The molecule has 3 rings (SSSR count). The van der Waals surface area contributed by atoms with E-state index >= 15 is 0 Å². The third-order valence-corrected chi connectivity index (χ3v) is 4.22. The largest absolute Gasteiger partial charge is 0.331 e. The fourth-order valence-electron chi connectivity index (χ4n) is 2.66. The molecule has 3 aromatic carbocycles. The Balaban J connectivity index is 1.57. The molecule has 0 fully saturated rings. The molecule has 0 aliphatic carbocycles. The highest BCUT2D eigenvalue weighted by molar-refractivity contribution is 7.80. The minimum Gasteiger partial charge on any atom is -0.331 e. The summed E-state index contributed by atoms with van der Waals surface area (Å²) in [5, 5.41) is 7.84. The zero-order valence-corrected chi connectivity index (χ0v) is 15.7. The van der Waals surface area contributed by atoms with Crippen LogP contribution < -0.4 is 10.7 Å². The molecular weight excluding hydrogens is 338 g/mol. The van der Waals surface area contributed by atoms with Crippen molar-refractivity contribution in [3.05, 3.63) is 89.5 Å². The predicted octanol–water partition coefficient (Wildman–Crippen LogP) is 5.29. The summed E-state index contributed by atoms with van der Waals surface area (Å²) in [7, 11) is 0. The zero-order chi connectivity index (χ0) is 18.4. The van der Waals surface area contributed by atoms with Crippen LogP contribution in [0.2, 0.25) is 0 Å². The van der Waals surface area contributed by atoms with E-state index in [9.17, 15) is 0 Å². The summed E-state index contributed by atoms with van der Waals surface area (Å²) in [6.45, 7) is 4.12. The fraction of sp³-hybridized carbons (Fsp3) is 0.0909. The average Bonchev–Trinajstić information content (AvgIpc) is 2.65. The first-order chi connectivity index (χ1) is 12.6. The Kier molecular flexibility index (Phi) is 5.77. The number of nitrogens with zero attached hydrogens (tertiary/aromatic N) is 1. The number of hydrogen-bond donors (Lipinski definition) is 2. The highest BCUT2D eigenvalue weighted by Crippen LogP contribution is 2.18. The quantitative estimate of drug-likeness (QED) is 0.377. The Labute approximate surface area is 159 Å². The van der Waals surface area contributed by atoms with Gasteiger partial charge in [-0.1, -0.05) is 72.3 Å². The van der Waals surface area contributed by atoms with Gasteiger partial charge in [0.05, 0.1) is 6.21 Å². The highest BCUT2D eigenvalue weighted by atomic mass is 32.1. The maximum atomic E-state index is 5.29. The van der Waals surface area contributed by atoms with Gasteiger partial charge in [0, 0.05) is 5.69 Å². The lowest BCUT2D eigenvalue weighted by molar-refractivity contribution is 1.05. The second-order valence-electron chi connectivity index (χ2n) is 6.13. The van der Waals surface area contributed by atoms with Crippen LogP contribution >= 0.6 is 12.2 Å². The monoisotopic (exact) mass is 359 g/mol. The minimum absolute atomic E-state index is 0.467. The van der Waals surface area contributed by atoms with Gasteiger partial charge in [0.2, 0.25) is 0 Å². The average molecular weight is 359 g/mol. The van der Waals surface area contributed by atoms with E-state index in [4.69, 9.17) is 12.2 Å². The third-order valence-electron chi connectivity index (χ3n) is 4.03. The summed E-state index contributed by atoms with van der Waals surface area (Å²) in [5.74, 6) is 0. The van der Waals surface area contributed by atoms with E-state index in [-0.39, 0.29) is 0 Å². The Morgan fingerprint density at radius 1 is 0.885 bits per heavy atom. The highest BCUT2D eigenvalue weighted by Gasteiger charge is 2.00. The van der Waals surface area contributed by atoms with Gasteiger partial charge in [-0.3, -0.25) is 5.43 Å². The lowest BCUT2D eigenvalue weighted by Crippen LogP contribution is -2.24. The predicted molar refractivity (Wildman–Crippen MR) is 115 cm³/mol. The lowest BCUT2D eigenvalue weighted by atomic mass is 10.0. The maximum absolute atomic E-state index is 5.29. The number of anilines is 1. The summed E-state index contributed by atoms with van der Waals surface area (Å²) in [6, 6.07) is 24.7. The van der Waals surface area contributed by atoms with Crippen molar-refractivity contribution in [1.29, 1.82) is 0 Å². The van der Waals surface area contributed by atoms with E-state index in [1.165, 1.54) is 16.7 Å². The normalized spacial score (nSPS) is 10.7. The van der Waals surface area contributed by atoms with E-state index in [0.717, 1.165) is 16.8 Å². The van der Waals surface area contributed by atoms with Gasteiger partial charge in [0.15, 0.2) is 5.11 Å². The summed E-state index contributed by atoms with van der Waals surface area (Å²) in [5.41, 5.74) is 9.60. The van der Waals surface area contributed by atoms with E-state index in [2.05, 4.69) is 66.1 Å². The van der Waals surface area contributed by atoms with Gasteiger partial charge in [-0.25, -0.2) is 0 Å². The Hall–Kier alpha value is -2.98. The van der Waals surface area contributed by atoms with Crippen LogP contribution in [0.25, 0.3) is 11.1 Å². The molecule has 26 heavy (non-hydrogen) atoms. The molecule has 130 valence electrons. The molecule has 0 saturated heterocycles. The lowest BCUT2D eigenvalue weighted by Gasteiger charge is -2.10. The van der Waals surface area contributed by atoms with Crippen LogP contribution in [-0.4, -0.2) is 11.3 Å². The number of hydrogen-bond acceptors (Lipinski definition) is 2. The molecule has 0 heterocycles. The van der Waals surface area contributed by atoms with Crippen molar-refractivity contribution < 1.29 is 0 Å². The van der Waals surface area contributed by atoms with Gasteiger partial charge >= 0.3 is 0 Å². The van der Waals surface area contributed by atoms with Crippen LogP contribution in [0.3, 0.4) is 0 Å². The molecule has 0 saturated carbocycles. The summed E-state index contributed by atoms with van der Waals surface area (Å²) < 4.78 is 0. The second kappa shape index (κ2) is 8.41. The molecule has 2 N–H and O–H groups in total. The molecular formula is C22H21N3S. The Morgan fingerprint density at radius 3 is 2.27 bits per heavy atom. The minimum atomic E-state index is 0.467. The summed E-state index contributed by atoms with van der Waals surface area (Å²) >= 11 is 5.29. The molecule has 3 nitrogen and oxygen atoms in total. The fourth-order valence-corrected chi connectivity index (χ4v) is 2.82. The molecule has 0 aliphatic heterocycles. The van der Waals surface area contributed by atoms with Crippen LogP contribution in [0.5, 0.6) is 0 Å². The molecule has 0 amide bonds. The molecule has 0 unspecified atom stereocenters. The molecule has 3 aromatic rings. The van der Waals surface area contributed by atoms with Crippen molar-refractivity contribution in [1.82, 2.24) is 5.43 Å². The van der Waals surface area contributed by atoms with Crippen molar-refractivity contribution in [2.45, 2.75) is 13.8 Å². The summed E-state index contributed by atoms with van der Waals surface area (Å²) in [4.78, 5) is 0. The van der Waals surface area contributed by atoms with Crippen LogP contribution in [0, 0.1) is 13.8 Å². The van der Waals surface area contributed by atoms with E-state index < -0.39 is 0 Å². The smallest absolute Gasteiger partial charge is 0.191 e. The maximum Gasteiger partial charge on any atom is 0.191 e. The van der Waals surface area contributed by atoms with E-state index in [0.29, 0.717) is 5.11 Å². The van der Waals surface area contributed by atoms with Crippen molar-refractivity contribution in [2.24, 2.45) is 5.10 Å². The standard InChI is InChI=1S/C22H21N3S/c1-16-8-13-21(17(2)14-16)24-22(26)25-23-15-18-9-11-20(12-10-18)19-6-4-3-5-7-19/h3-15H,1-2H3,(H2,24,25,26). The first-order valence-electron chi connectivity index (χ1n) is 8.44. The van der Waals surface area contributed by atoms with Gasteiger partial charge < -0.3 is 5.32 Å². The second-order valence-corrected chi connectivity index (χ2v) is 6.54. The SMILES string of the molecule is Cc1ccc(NC(=S)NN=Cc2ccc(-c3ccccc3)cc2)c(C)c1. The van der Waals surface area contributed by atoms with Crippen molar-refractivity contribution in [3.8, 4) is 11.1 Å². The molecule has 0 spiro atoms. The van der Waals surface area contributed by atoms with E-state index in [1.54, 1.807) is 6.21 Å². The van der Waals surface area contributed by atoms with Crippen LogP contribution in [0.4, 0.5) is 5.69 Å². The number of thiocarbonyl (C=S) groups is 1. The van der Waals surface area contributed by atoms with Gasteiger partial charge in [-0.05, 0) is 54.4 Å². The van der Waals surface area contributed by atoms with Crippen LogP contribution in [0.1, 0.15) is 16.7 Å². The molecule has 0 bridgehead atoms.